The van der Waals surface area contributed by atoms with Gasteiger partial charge in [-0.15, -0.1) is 0 Å². The van der Waals surface area contributed by atoms with Crippen LogP contribution in [0.5, 0.6) is 17.2 Å². The molecule has 1 aliphatic heterocycles. The highest BCUT2D eigenvalue weighted by molar-refractivity contribution is 5.51. The summed E-state index contributed by atoms with van der Waals surface area (Å²) in [5.74, 6) is 6.21. The molecule has 2 rings (SSSR count). The summed E-state index contributed by atoms with van der Waals surface area (Å²) >= 11 is 0. The van der Waals surface area contributed by atoms with Crippen LogP contribution in [0.15, 0.2) is 12.1 Å². The van der Waals surface area contributed by atoms with Gasteiger partial charge in [0, 0.05) is 11.6 Å². The Morgan fingerprint density at radius 1 is 1.36 bits per heavy atom. The van der Waals surface area contributed by atoms with Gasteiger partial charge < -0.3 is 14.6 Å². The largest absolute Gasteiger partial charge is 0.508 e. The first-order valence-corrected chi connectivity index (χ1v) is 4.24. The van der Waals surface area contributed by atoms with Crippen molar-refractivity contribution in [2.45, 2.75) is 6.61 Å². The lowest BCUT2D eigenvalue weighted by Crippen LogP contribution is -2.17. The van der Waals surface area contributed by atoms with E-state index < -0.39 is 0 Å². The molecular formula is C9H11NO4. The van der Waals surface area contributed by atoms with Crippen LogP contribution >= 0.6 is 0 Å². The molecule has 1 aromatic carbocycles. The van der Waals surface area contributed by atoms with Crippen molar-refractivity contribution < 1.29 is 19.4 Å². The first-order valence-electron chi connectivity index (χ1n) is 4.24. The molecule has 0 radical (unpaired) electrons. The molecule has 0 unspecified atom stereocenters. The van der Waals surface area contributed by atoms with Gasteiger partial charge in [0.15, 0.2) is 11.5 Å². The summed E-state index contributed by atoms with van der Waals surface area (Å²) in [4.78, 5) is 4.50. The maximum Gasteiger partial charge on any atom is 0.167 e. The Bertz CT molecular complexity index is 340. The van der Waals surface area contributed by atoms with Crippen LogP contribution in [-0.4, -0.2) is 18.3 Å². The van der Waals surface area contributed by atoms with E-state index in [0.29, 0.717) is 30.3 Å². The van der Waals surface area contributed by atoms with Crippen molar-refractivity contribution in [3.05, 3.63) is 17.7 Å². The van der Waals surface area contributed by atoms with Crippen LogP contribution in [0.3, 0.4) is 0 Å². The van der Waals surface area contributed by atoms with Crippen LogP contribution in [-0.2, 0) is 11.4 Å². The van der Waals surface area contributed by atoms with Crippen molar-refractivity contribution >= 4 is 0 Å². The highest BCUT2D eigenvalue weighted by atomic mass is 16.6. The minimum atomic E-state index is 0.112. The average molecular weight is 197 g/mol. The van der Waals surface area contributed by atoms with Crippen LogP contribution < -0.4 is 15.4 Å². The summed E-state index contributed by atoms with van der Waals surface area (Å²) < 4.78 is 10.7. The first kappa shape index (κ1) is 9.11. The fourth-order valence-corrected chi connectivity index (χ4v) is 1.41. The fourth-order valence-electron chi connectivity index (χ4n) is 1.41. The van der Waals surface area contributed by atoms with E-state index in [-0.39, 0.29) is 12.4 Å². The number of fused-ring (bicyclic) bond motifs is 1. The lowest BCUT2D eigenvalue weighted by atomic mass is 10.1. The molecule has 14 heavy (non-hydrogen) atoms. The van der Waals surface area contributed by atoms with Gasteiger partial charge in [-0.2, -0.15) is 0 Å². The highest BCUT2D eigenvalue weighted by Crippen LogP contribution is 2.37. The van der Waals surface area contributed by atoms with E-state index in [1.807, 2.05) is 0 Å². The van der Waals surface area contributed by atoms with Crippen LogP contribution in [0, 0.1) is 0 Å². The quantitative estimate of drug-likeness (QED) is 0.677. The lowest BCUT2D eigenvalue weighted by molar-refractivity contribution is 0.115. The molecule has 3 N–H and O–H groups in total. The molecular weight excluding hydrogens is 186 g/mol. The Morgan fingerprint density at radius 2 is 2.14 bits per heavy atom. The Labute approximate surface area is 80.9 Å². The Kier molecular flexibility index (Phi) is 2.43. The van der Waals surface area contributed by atoms with Crippen molar-refractivity contribution in [2.24, 2.45) is 5.90 Å². The monoisotopic (exact) mass is 197 g/mol. The van der Waals surface area contributed by atoms with Crippen molar-refractivity contribution in [3.63, 3.8) is 0 Å². The molecule has 0 aliphatic carbocycles. The van der Waals surface area contributed by atoms with Crippen LogP contribution in [0.25, 0.3) is 0 Å². The normalized spacial score (nSPS) is 14.1. The number of rotatable bonds is 2. The van der Waals surface area contributed by atoms with Crippen LogP contribution in [0.1, 0.15) is 5.56 Å². The first-order chi connectivity index (χ1) is 6.81. The third kappa shape index (κ3) is 1.59. The number of nitrogens with two attached hydrogens (primary N) is 1. The van der Waals surface area contributed by atoms with E-state index in [0.717, 1.165) is 0 Å². The van der Waals surface area contributed by atoms with E-state index >= 15 is 0 Å². The van der Waals surface area contributed by atoms with E-state index in [1.165, 1.54) is 6.07 Å². The van der Waals surface area contributed by atoms with E-state index in [4.69, 9.17) is 15.4 Å². The molecule has 0 spiro atoms. The van der Waals surface area contributed by atoms with Gasteiger partial charge >= 0.3 is 0 Å². The van der Waals surface area contributed by atoms with Gasteiger partial charge in [0.2, 0.25) is 0 Å². The second kappa shape index (κ2) is 3.73. The number of phenols is 1. The zero-order chi connectivity index (χ0) is 9.97. The van der Waals surface area contributed by atoms with Crippen LogP contribution in [0.4, 0.5) is 0 Å². The van der Waals surface area contributed by atoms with Crippen LogP contribution in [0.2, 0.25) is 0 Å². The molecule has 0 fully saturated rings. The summed E-state index contributed by atoms with van der Waals surface area (Å²) in [7, 11) is 0. The molecule has 0 saturated heterocycles. The number of aromatic hydroxyl groups is 1. The summed E-state index contributed by atoms with van der Waals surface area (Å²) in [6.07, 6.45) is 0. The molecule has 76 valence electrons. The number of ether oxygens (including phenoxy) is 2. The SMILES string of the molecule is NOCc1cc(O)cc2c1OCCO2. The second-order valence-corrected chi connectivity index (χ2v) is 2.94. The van der Waals surface area contributed by atoms with Gasteiger partial charge in [0.05, 0.1) is 6.61 Å². The summed E-state index contributed by atoms with van der Waals surface area (Å²) in [6, 6.07) is 3.05. The number of hydrogen-bond acceptors (Lipinski definition) is 5. The number of phenolic OH excluding ortho intramolecular Hbond substituents is 1. The predicted molar refractivity (Wildman–Crippen MR) is 48.1 cm³/mol. The van der Waals surface area contributed by atoms with Gasteiger partial charge in [0.25, 0.3) is 0 Å². The van der Waals surface area contributed by atoms with Crippen molar-refractivity contribution in [1.29, 1.82) is 0 Å². The molecule has 5 nitrogen and oxygen atoms in total. The average Bonchev–Trinajstić information content (AvgIpc) is 2.18. The Morgan fingerprint density at radius 3 is 2.93 bits per heavy atom. The smallest absolute Gasteiger partial charge is 0.167 e. The predicted octanol–water partition coefficient (Wildman–Crippen LogP) is 0.554. The third-order valence-electron chi connectivity index (χ3n) is 1.94. The maximum atomic E-state index is 9.36. The minimum absolute atomic E-state index is 0.112. The van der Waals surface area contributed by atoms with E-state index in [2.05, 4.69) is 4.84 Å². The summed E-state index contributed by atoms with van der Waals surface area (Å²) in [5, 5.41) is 9.36. The number of hydrogen-bond donors (Lipinski definition) is 2. The van der Waals surface area contributed by atoms with Gasteiger partial charge in [-0.05, 0) is 6.07 Å². The molecule has 0 aromatic heterocycles. The topological polar surface area (TPSA) is 73.9 Å². The third-order valence-corrected chi connectivity index (χ3v) is 1.94. The van der Waals surface area contributed by atoms with E-state index in [9.17, 15) is 5.11 Å². The van der Waals surface area contributed by atoms with E-state index in [1.54, 1.807) is 6.07 Å². The van der Waals surface area contributed by atoms with Gasteiger partial charge in [-0.25, -0.2) is 5.90 Å². The Balaban J connectivity index is 2.41. The zero-order valence-electron chi connectivity index (χ0n) is 7.53. The minimum Gasteiger partial charge on any atom is -0.508 e. The van der Waals surface area contributed by atoms with Crippen molar-refractivity contribution in [1.82, 2.24) is 0 Å². The Hall–Kier alpha value is -1.46. The summed E-state index contributed by atoms with van der Waals surface area (Å²) in [6.45, 7) is 1.16. The van der Waals surface area contributed by atoms with Gasteiger partial charge in [-0.1, -0.05) is 0 Å². The van der Waals surface area contributed by atoms with Crippen molar-refractivity contribution in [2.75, 3.05) is 13.2 Å². The molecule has 1 aliphatic rings. The highest BCUT2D eigenvalue weighted by Gasteiger charge is 2.17. The molecule has 1 aromatic rings. The lowest BCUT2D eigenvalue weighted by Gasteiger charge is -2.20. The molecule has 0 bridgehead atoms. The summed E-state index contributed by atoms with van der Waals surface area (Å²) in [5.41, 5.74) is 0.683. The molecule has 0 atom stereocenters. The zero-order valence-corrected chi connectivity index (χ0v) is 7.53. The number of benzene rings is 1. The van der Waals surface area contributed by atoms with Gasteiger partial charge in [-0.3, -0.25) is 4.84 Å². The second-order valence-electron chi connectivity index (χ2n) is 2.94. The molecule has 1 heterocycles. The molecule has 5 heteroatoms. The van der Waals surface area contributed by atoms with Crippen molar-refractivity contribution in [3.8, 4) is 17.2 Å². The molecule has 0 saturated carbocycles. The fraction of sp³-hybridized carbons (Fsp3) is 0.333. The maximum absolute atomic E-state index is 9.36. The molecule has 0 amide bonds. The standard InChI is InChI=1S/C9H11NO4/c10-14-5-6-3-7(11)4-8-9(6)13-2-1-12-8/h3-4,11H,1-2,5,10H2. The van der Waals surface area contributed by atoms with Gasteiger partial charge in [0.1, 0.15) is 19.0 Å².